The summed E-state index contributed by atoms with van der Waals surface area (Å²) in [6.45, 7) is 11.0. The molecular weight excluding hydrogens is 442 g/mol. The molecule has 0 aliphatic carbocycles. The van der Waals surface area contributed by atoms with Crippen molar-refractivity contribution >= 4 is 21.8 Å². The molecule has 158 valence electrons. The van der Waals surface area contributed by atoms with E-state index in [1.807, 2.05) is 36.1 Å². The van der Waals surface area contributed by atoms with Crippen LogP contribution in [0.1, 0.15) is 67.7 Å². The molecule has 3 rings (SSSR count). The van der Waals surface area contributed by atoms with E-state index >= 15 is 0 Å². The van der Waals surface area contributed by atoms with Gasteiger partial charge in [-0.2, -0.15) is 5.26 Å². The molecule has 0 saturated carbocycles. The Bertz CT molecular complexity index is 996. The number of hydrogen-bond donors (Lipinski definition) is 0. The van der Waals surface area contributed by atoms with Crippen molar-refractivity contribution in [2.75, 3.05) is 0 Å². The van der Waals surface area contributed by atoms with Crippen molar-refractivity contribution in [3.05, 3.63) is 57.3 Å². The Labute approximate surface area is 187 Å². The standard InChI is InChI=1S/C24H28BrN3O2/c1-6-20(28-14-19-18(23(28)29)10-11-22(25)27-19)24(4,5)21(7-2)30-17-9-8-16(13-26)15(3)12-17/h8-12,20-21H,6-7,14H2,1-5H3/t20-,21-/m1/s1. The smallest absolute Gasteiger partial charge is 0.256 e. The normalized spacial score (nSPS) is 15.5. The molecule has 5 nitrogen and oxygen atoms in total. The van der Waals surface area contributed by atoms with Crippen LogP contribution in [0.2, 0.25) is 0 Å². The molecule has 0 fully saturated rings. The highest BCUT2D eigenvalue weighted by Gasteiger charge is 2.44. The molecule has 1 aliphatic heterocycles. The molecule has 0 bridgehead atoms. The predicted octanol–water partition coefficient (Wildman–Crippen LogP) is 5.64. The average molecular weight is 470 g/mol. The topological polar surface area (TPSA) is 66.2 Å². The first kappa shape index (κ1) is 22.3. The fourth-order valence-corrected chi connectivity index (χ4v) is 4.90. The van der Waals surface area contributed by atoms with E-state index in [0.717, 1.165) is 34.5 Å². The quantitative estimate of drug-likeness (QED) is 0.491. The molecule has 0 unspecified atom stereocenters. The molecular formula is C24H28BrN3O2. The number of hydrogen-bond acceptors (Lipinski definition) is 4. The first-order valence-corrected chi connectivity index (χ1v) is 11.2. The van der Waals surface area contributed by atoms with Crippen molar-refractivity contribution in [1.29, 1.82) is 5.26 Å². The van der Waals surface area contributed by atoms with E-state index in [-0.39, 0.29) is 23.5 Å². The summed E-state index contributed by atoms with van der Waals surface area (Å²) in [4.78, 5) is 19.6. The number of fused-ring (bicyclic) bond motifs is 1. The van der Waals surface area contributed by atoms with E-state index in [1.165, 1.54) is 0 Å². The Balaban J connectivity index is 1.86. The largest absolute Gasteiger partial charge is 0.490 e. The van der Waals surface area contributed by atoms with E-state index in [4.69, 9.17) is 4.74 Å². The van der Waals surface area contributed by atoms with Crippen LogP contribution in [0.3, 0.4) is 0 Å². The predicted molar refractivity (Wildman–Crippen MR) is 120 cm³/mol. The van der Waals surface area contributed by atoms with Gasteiger partial charge in [-0.3, -0.25) is 4.79 Å². The van der Waals surface area contributed by atoms with Crippen LogP contribution >= 0.6 is 15.9 Å². The maximum atomic E-state index is 13.1. The number of pyridine rings is 1. The summed E-state index contributed by atoms with van der Waals surface area (Å²) in [5.74, 6) is 0.789. The van der Waals surface area contributed by atoms with Gasteiger partial charge in [-0.1, -0.05) is 27.7 Å². The third-order valence-electron chi connectivity index (χ3n) is 6.17. The van der Waals surface area contributed by atoms with Crippen molar-refractivity contribution in [2.45, 2.75) is 66.2 Å². The van der Waals surface area contributed by atoms with Crippen LogP contribution in [0.25, 0.3) is 0 Å². The van der Waals surface area contributed by atoms with E-state index in [2.05, 4.69) is 54.7 Å². The summed E-state index contributed by atoms with van der Waals surface area (Å²) >= 11 is 3.40. The molecule has 0 saturated heterocycles. The Kier molecular flexibility index (Phi) is 6.52. The molecule has 0 N–H and O–H groups in total. The summed E-state index contributed by atoms with van der Waals surface area (Å²) in [5.41, 5.74) is 2.77. The first-order chi connectivity index (χ1) is 14.2. The molecule has 2 heterocycles. The molecule has 0 spiro atoms. The first-order valence-electron chi connectivity index (χ1n) is 10.4. The number of nitriles is 1. The zero-order chi connectivity index (χ0) is 22.1. The minimum Gasteiger partial charge on any atom is -0.490 e. The fraction of sp³-hybridized carbons (Fsp3) is 0.458. The molecule has 0 radical (unpaired) electrons. The van der Waals surface area contributed by atoms with Crippen LogP contribution in [0.4, 0.5) is 0 Å². The summed E-state index contributed by atoms with van der Waals surface area (Å²) in [7, 11) is 0. The molecule has 1 aromatic carbocycles. The maximum Gasteiger partial charge on any atom is 0.256 e. The zero-order valence-corrected chi connectivity index (χ0v) is 19.8. The Hall–Kier alpha value is -2.39. The third-order valence-corrected chi connectivity index (χ3v) is 6.61. The molecule has 1 aromatic heterocycles. The van der Waals surface area contributed by atoms with Crippen molar-refractivity contribution < 1.29 is 9.53 Å². The Morgan fingerprint density at radius 1 is 1.27 bits per heavy atom. The average Bonchev–Trinajstić information content (AvgIpc) is 3.01. The second kappa shape index (κ2) is 8.77. The van der Waals surface area contributed by atoms with Crippen molar-refractivity contribution in [3.63, 3.8) is 0 Å². The number of carbonyl (C=O) groups excluding carboxylic acids is 1. The number of nitrogens with zero attached hydrogens (tertiary/aromatic N) is 3. The van der Waals surface area contributed by atoms with Crippen LogP contribution in [0.15, 0.2) is 34.9 Å². The van der Waals surface area contributed by atoms with Crippen LogP contribution in [0, 0.1) is 23.7 Å². The lowest BCUT2D eigenvalue weighted by atomic mass is 9.75. The van der Waals surface area contributed by atoms with Crippen molar-refractivity contribution in [3.8, 4) is 11.8 Å². The molecule has 2 aromatic rings. The van der Waals surface area contributed by atoms with Gasteiger partial charge in [-0.05, 0) is 71.6 Å². The highest BCUT2D eigenvalue weighted by atomic mass is 79.9. The minimum atomic E-state index is -0.291. The number of aryl methyl sites for hydroxylation is 1. The van der Waals surface area contributed by atoms with Gasteiger partial charge in [0.25, 0.3) is 5.91 Å². The summed E-state index contributed by atoms with van der Waals surface area (Å²) in [6.07, 6.45) is 1.53. The number of benzene rings is 1. The number of ether oxygens (including phenoxy) is 1. The number of amides is 1. The number of carbonyl (C=O) groups is 1. The number of rotatable bonds is 7. The number of aromatic nitrogens is 1. The van der Waals surface area contributed by atoms with Gasteiger partial charge in [0.2, 0.25) is 0 Å². The summed E-state index contributed by atoms with van der Waals surface area (Å²) in [5, 5.41) is 9.17. The third kappa shape index (κ3) is 4.09. The van der Waals surface area contributed by atoms with Crippen molar-refractivity contribution in [2.24, 2.45) is 5.41 Å². The van der Waals surface area contributed by atoms with Gasteiger partial charge in [-0.15, -0.1) is 0 Å². The molecule has 2 atom stereocenters. The lowest BCUT2D eigenvalue weighted by Gasteiger charge is -2.44. The lowest BCUT2D eigenvalue weighted by molar-refractivity contribution is -0.00737. The van der Waals surface area contributed by atoms with Crippen LogP contribution in [0.5, 0.6) is 5.75 Å². The molecule has 1 amide bonds. The Morgan fingerprint density at radius 2 is 2.00 bits per heavy atom. The van der Waals surface area contributed by atoms with Gasteiger partial charge in [0.1, 0.15) is 16.5 Å². The van der Waals surface area contributed by atoms with E-state index in [0.29, 0.717) is 17.7 Å². The van der Waals surface area contributed by atoms with Gasteiger partial charge >= 0.3 is 0 Å². The van der Waals surface area contributed by atoms with E-state index in [1.54, 1.807) is 6.07 Å². The number of halogens is 1. The van der Waals surface area contributed by atoms with Gasteiger partial charge < -0.3 is 9.64 Å². The minimum absolute atomic E-state index is 0.00223. The second-order valence-corrected chi connectivity index (χ2v) is 9.22. The van der Waals surface area contributed by atoms with Crippen LogP contribution in [-0.4, -0.2) is 27.9 Å². The lowest BCUT2D eigenvalue weighted by Crippen LogP contribution is -2.52. The van der Waals surface area contributed by atoms with Gasteiger partial charge in [-0.25, -0.2) is 4.98 Å². The highest BCUT2D eigenvalue weighted by Crippen LogP contribution is 2.39. The molecule has 30 heavy (non-hydrogen) atoms. The Morgan fingerprint density at radius 3 is 2.60 bits per heavy atom. The molecule has 1 aliphatic rings. The van der Waals surface area contributed by atoms with Gasteiger partial charge in [0.05, 0.1) is 29.4 Å². The highest BCUT2D eigenvalue weighted by molar-refractivity contribution is 9.10. The van der Waals surface area contributed by atoms with Gasteiger partial charge in [0, 0.05) is 11.5 Å². The second-order valence-electron chi connectivity index (χ2n) is 8.41. The zero-order valence-electron chi connectivity index (χ0n) is 18.2. The van der Waals surface area contributed by atoms with E-state index < -0.39 is 0 Å². The summed E-state index contributed by atoms with van der Waals surface area (Å²) < 4.78 is 7.16. The summed E-state index contributed by atoms with van der Waals surface area (Å²) in [6, 6.07) is 11.4. The van der Waals surface area contributed by atoms with Crippen molar-refractivity contribution in [1.82, 2.24) is 9.88 Å². The molecule has 6 heteroatoms. The fourth-order valence-electron chi connectivity index (χ4n) is 4.55. The maximum absolute atomic E-state index is 13.1. The SMILES string of the molecule is CC[C@@H](Oc1ccc(C#N)c(C)c1)C(C)(C)[C@@H](CC)N1Cc2nc(Br)ccc2C1=O. The monoisotopic (exact) mass is 469 g/mol. The van der Waals surface area contributed by atoms with Gasteiger partial charge in [0.15, 0.2) is 0 Å². The van der Waals surface area contributed by atoms with E-state index in [9.17, 15) is 10.1 Å². The van der Waals surface area contributed by atoms with Crippen LogP contribution in [-0.2, 0) is 6.54 Å². The van der Waals surface area contributed by atoms with Crippen LogP contribution < -0.4 is 4.74 Å².